The van der Waals surface area contributed by atoms with Crippen molar-refractivity contribution in [2.45, 2.75) is 77.0 Å². The van der Waals surface area contributed by atoms with E-state index in [0.29, 0.717) is 6.42 Å². The van der Waals surface area contributed by atoms with Gasteiger partial charge in [0.1, 0.15) is 11.4 Å². The summed E-state index contributed by atoms with van der Waals surface area (Å²) in [5, 5.41) is 0. The minimum absolute atomic E-state index is 0.0241. The second kappa shape index (κ2) is 7.14. The van der Waals surface area contributed by atoms with E-state index in [2.05, 4.69) is 4.98 Å². The lowest BCUT2D eigenvalue weighted by Crippen LogP contribution is -2.56. The number of ketones is 1. The van der Waals surface area contributed by atoms with E-state index in [1.165, 1.54) is 0 Å². The summed E-state index contributed by atoms with van der Waals surface area (Å²) < 4.78 is 5.60. The number of nitrogens with zero attached hydrogens (tertiary/aromatic N) is 2. The van der Waals surface area contributed by atoms with Crippen LogP contribution in [0.1, 0.15) is 58.6 Å². The molecule has 1 amide bonds. The Labute approximate surface area is 149 Å². The standard InChI is InChI=1S/C20H28N2O3/c1-20(2,3)25-19(24)22-16-8-6-9-17(22)12-14(11-16)18(23)13-15-7-4-5-10-21-15/h4-5,7,10,14,16-17H,6,8-9,11-13H2,1-3H3. The van der Waals surface area contributed by atoms with Crippen molar-refractivity contribution < 1.29 is 14.3 Å². The van der Waals surface area contributed by atoms with Crippen molar-refractivity contribution in [2.75, 3.05) is 0 Å². The average molecular weight is 344 g/mol. The lowest BCUT2D eigenvalue weighted by molar-refractivity contribution is -0.126. The fourth-order valence-corrected chi connectivity index (χ4v) is 4.08. The monoisotopic (exact) mass is 344 g/mol. The Morgan fingerprint density at radius 1 is 1.20 bits per heavy atom. The highest BCUT2D eigenvalue weighted by atomic mass is 16.6. The molecule has 0 spiro atoms. The number of carbonyl (C=O) groups excluding carboxylic acids is 2. The van der Waals surface area contributed by atoms with Crippen LogP contribution in [-0.2, 0) is 16.0 Å². The summed E-state index contributed by atoms with van der Waals surface area (Å²) in [5.41, 5.74) is 0.337. The van der Waals surface area contributed by atoms with Crippen molar-refractivity contribution in [3.8, 4) is 0 Å². The van der Waals surface area contributed by atoms with Crippen LogP contribution < -0.4 is 0 Å². The maximum atomic E-state index is 12.7. The highest BCUT2D eigenvalue weighted by Gasteiger charge is 2.44. The SMILES string of the molecule is CC(C)(C)OC(=O)N1C2CCCC1CC(C(=O)Cc1ccccn1)C2. The molecule has 2 fully saturated rings. The number of piperidine rings is 2. The number of carbonyl (C=O) groups is 2. The number of hydrogen-bond donors (Lipinski definition) is 0. The van der Waals surface area contributed by atoms with Crippen LogP contribution in [0, 0.1) is 5.92 Å². The molecule has 5 heteroatoms. The van der Waals surface area contributed by atoms with Gasteiger partial charge in [0.25, 0.3) is 0 Å². The Bertz CT molecular complexity index is 610. The van der Waals surface area contributed by atoms with Crippen LogP contribution >= 0.6 is 0 Å². The van der Waals surface area contributed by atoms with Gasteiger partial charge in [-0.05, 0) is 65.0 Å². The second-order valence-electron chi connectivity index (χ2n) is 8.26. The number of rotatable bonds is 3. The van der Waals surface area contributed by atoms with E-state index in [1.807, 2.05) is 43.9 Å². The smallest absolute Gasteiger partial charge is 0.410 e. The van der Waals surface area contributed by atoms with E-state index in [9.17, 15) is 9.59 Å². The maximum absolute atomic E-state index is 12.7. The number of fused-ring (bicyclic) bond motifs is 2. The van der Waals surface area contributed by atoms with E-state index < -0.39 is 5.60 Å². The molecule has 0 aromatic carbocycles. The van der Waals surface area contributed by atoms with E-state index in [-0.39, 0.29) is 29.9 Å². The summed E-state index contributed by atoms with van der Waals surface area (Å²) in [6, 6.07) is 5.92. The predicted molar refractivity (Wildman–Crippen MR) is 95.2 cm³/mol. The number of amides is 1. The van der Waals surface area contributed by atoms with Gasteiger partial charge in [-0.1, -0.05) is 6.07 Å². The van der Waals surface area contributed by atoms with Crippen LogP contribution in [-0.4, -0.2) is 39.4 Å². The summed E-state index contributed by atoms with van der Waals surface area (Å²) in [6.45, 7) is 5.68. The largest absolute Gasteiger partial charge is 0.444 e. The van der Waals surface area contributed by atoms with Gasteiger partial charge < -0.3 is 9.64 Å². The highest BCUT2D eigenvalue weighted by Crippen LogP contribution is 2.38. The van der Waals surface area contributed by atoms with Gasteiger partial charge in [0, 0.05) is 36.3 Å². The summed E-state index contributed by atoms with van der Waals surface area (Å²) in [4.78, 5) is 31.5. The first-order valence-corrected chi connectivity index (χ1v) is 9.27. The van der Waals surface area contributed by atoms with E-state index in [0.717, 1.165) is 37.8 Å². The molecule has 2 saturated heterocycles. The lowest BCUT2D eigenvalue weighted by atomic mass is 9.76. The molecule has 2 atom stereocenters. The maximum Gasteiger partial charge on any atom is 0.410 e. The minimum atomic E-state index is -0.489. The quantitative estimate of drug-likeness (QED) is 0.837. The van der Waals surface area contributed by atoms with Crippen LogP contribution in [0.2, 0.25) is 0 Å². The van der Waals surface area contributed by atoms with Gasteiger partial charge in [0.2, 0.25) is 0 Å². The van der Waals surface area contributed by atoms with Crippen LogP contribution in [0.3, 0.4) is 0 Å². The molecule has 1 aromatic rings. The molecule has 2 aliphatic heterocycles. The van der Waals surface area contributed by atoms with Crippen molar-refractivity contribution in [3.63, 3.8) is 0 Å². The van der Waals surface area contributed by atoms with Crippen molar-refractivity contribution in [1.82, 2.24) is 9.88 Å². The summed E-state index contributed by atoms with van der Waals surface area (Å²) in [7, 11) is 0. The van der Waals surface area contributed by atoms with Crippen LogP contribution in [0.5, 0.6) is 0 Å². The molecule has 5 nitrogen and oxygen atoms in total. The lowest BCUT2D eigenvalue weighted by Gasteiger charge is -2.48. The third-order valence-electron chi connectivity index (χ3n) is 5.12. The van der Waals surface area contributed by atoms with Gasteiger partial charge in [0.15, 0.2) is 0 Å². The molecule has 136 valence electrons. The fraction of sp³-hybridized carbons (Fsp3) is 0.650. The van der Waals surface area contributed by atoms with Crippen LogP contribution in [0.4, 0.5) is 4.79 Å². The zero-order valence-corrected chi connectivity index (χ0v) is 15.4. The number of aromatic nitrogens is 1. The van der Waals surface area contributed by atoms with Gasteiger partial charge in [-0.15, -0.1) is 0 Å². The van der Waals surface area contributed by atoms with Gasteiger partial charge in [-0.25, -0.2) is 4.79 Å². The van der Waals surface area contributed by atoms with E-state index in [4.69, 9.17) is 4.74 Å². The molecule has 1 aromatic heterocycles. The average Bonchev–Trinajstić information content (AvgIpc) is 2.52. The zero-order chi connectivity index (χ0) is 18.0. The number of ether oxygens (including phenoxy) is 1. The van der Waals surface area contributed by atoms with Crippen LogP contribution in [0.15, 0.2) is 24.4 Å². The molecular weight excluding hydrogens is 316 g/mol. The molecule has 3 rings (SSSR count). The zero-order valence-electron chi connectivity index (χ0n) is 15.4. The molecule has 0 radical (unpaired) electrons. The topological polar surface area (TPSA) is 59.5 Å². The molecule has 2 aliphatic rings. The van der Waals surface area contributed by atoms with E-state index >= 15 is 0 Å². The predicted octanol–water partition coefficient (Wildman–Crippen LogP) is 3.76. The minimum Gasteiger partial charge on any atom is -0.444 e. The number of hydrogen-bond acceptors (Lipinski definition) is 4. The second-order valence-corrected chi connectivity index (χ2v) is 8.26. The summed E-state index contributed by atoms with van der Waals surface area (Å²) in [6.07, 6.45) is 6.43. The van der Waals surface area contributed by atoms with E-state index in [1.54, 1.807) is 6.20 Å². The number of pyridine rings is 1. The number of Topliss-reactive ketones (excluding diaryl/α,β-unsaturated/α-hetero) is 1. The summed E-state index contributed by atoms with van der Waals surface area (Å²) in [5.74, 6) is 0.274. The first kappa shape index (κ1) is 17.9. The van der Waals surface area contributed by atoms with Crippen molar-refractivity contribution >= 4 is 11.9 Å². The molecular formula is C20H28N2O3. The third-order valence-corrected chi connectivity index (χ3v) is 5.12. The molecule has 0 saturated carbocycles. The van der Waals surface area contributed by atoms with Crippen molar-refractivity contribution in [3.05, 3.63) is 30.1 Å². The fourth-order valence-electron chi connectivity index (χ4n) is 4.08. The molecule has 2 unspecified atom stereocenters. The van der Waals surface area contributed by atoms with Crippen molar-refractivity contribution in [2.24, 2.45) is 5.92 Å². The van der Waals surface area contributed by atoms with Gasteiger partial charge in [-0.2, -0.15) is 0 Å². The Balaban J connectivity index is 1.66. The van der Waals surface area contributed by atoms with Gasteiger partial charge in [-0.3, -0.25) is 9.78 Å². The molecule has 0 aliphatic carbocycles. The first-order valence-electron chi connectivity index (χ1n) is 9.27. The first-order chi connectivity index (χ1) is 11.8. The Morgan fingerprint density at radius 3 is 2.44 bits per heavy atom. The Hall–Kier alpha value is -1.91. The molecule has 25 heavy (non-hydrogen) atoms. The molecule has 0 N–H and O–H groups in total. The normalized spacial score (nSPS) is 26.2. The van der Waals surface area contributed by atoms with Gasteiger partial charge >= 0.3 is 6.09 Å². The van der Waals surface area contributed by atoms with Crippen molar-refractivity contribution in [1.29, 1.82) is 0 Å². The Kier molecular flexibility index (Phi) is 5.11. The molecule has 3 heterocycles. The van der Waals surface area contributed by atoms with Gasteiger partial charge in [0.05, 0.1) is 0 Å². The highest BCUT2D eigenvalue weighted by molar-refractivity contribution is 5.83. The summed E-state index contributed by atoms with van der Waals surface area (Å²) >= 11 is 0. The Morgan fingerprint density at radius 2 is 1.88 bits per heavy atom. The van der Waals surface area contributed by atoms with Crippen LogP contribution in [0.25, 0.3) is 0 Å². The molecule has 2 bridgehead atoms. The third kappa shape index (κ3) is 4.39.